The normalized spacial score (nSPS) is 13.2. The maximum atomic E-state index is 11.8. The third-order valence-corrected chi connectivity index (χ3v) is 3.38. The number of rotatable bonds is 3. The number of hydrogen-bond donors (Lipinski definition) is 1. The molecule has 100 valence electrons. The van der Waals surface area contributed by atoms with Gasteiger partial charge < -0.3 is 0 Å². The van der Waals surface area contributed by atoms with Crippen molar-refractivity contribution in [3.8, 4) is 0 Å². The first-order valence-electron chi connectivity index (χ1n) is 5.73. The fraction of sp³-hybridized carbons (Fsp3) is 0.231. The van der Waals surface area contributed by atoms with Gasteiger partial charge in [0.25, 0.3) is 0 Å². The fourth-order valence-electron chi connectivity index (χ4n) is 1.79. The van der Waals surface area contributed by atoms with Crippen LogP contribution in [-0.4, -0.2) is 25.6 Å². The lowest BCUT2D eigenvalue weighted by Gasteiger charge is -2.12. The molecule has 0 aliphatic heterocycles. The van der Waals surface area contributed by atoms with Crippen molar-refractivity contribution < 1.29 is 13.2 Å². The number of nitrogens with one attached hydrogen (secondary N) is 1. The number of fused-ring (bicyclic) bond motifs is 1. The highest BCUT2D eigenvalue weighted by atomic mass is 32.2. The average Bonchev–Trinajstić information content (AvgIpc) is 2.35. The lowest BCUT2D eigenvalue weighted by molar-refractivity contribution is -0.120. The standard InChI is InChI=1S/C13H14N2O3S/c1-9(13(16)15-19(2,17)18)10-5-6-12-11(8-10)4-3-7-14-12/h3-9H,1-2H3,(H,15,16). The number of sulfonamides is 1. The van der Waals surface area contributed by atoms with Crippen LogP contribution in [0.5, 0.6) is 0 Å². The van der Waals surface area contributed by atoms with Gasteiger partial charge in [-0.3, -0.25) is 14.5 Å². The van der Waals surface area contributed by atoms with Crippen LogP contribution in [-0.2, 0) is 14.8 Å². The van der Waals surface area contributed by atoms with E-state index in [2.05, 4.69) is 4.98 Å². The van der Waals surface area contributed by atoms with Crippen molar-refractivity contribution in [3.05, 3.63) is 42.1 Å². The Morgan fingerprint density at radius 2 is 2.05 bits per heavy atom. The van der Waals surface area contributed by atoms with E-state index in [0.717, 1.165) is 22.7 Å². The van der Waals surface area contributed by atoms with Gasteiger partial charge in [0.2, 0.25) is 15.9 Å². The molecule has 1 aromatic heterocycles. The van der Waals surface area contributed by atoms with Gasteiger partial charge in [0, 0.05) is 11.6 Å². The lowest BCUT2D eigenvalue weighted by atomic mass is 9.99. The van der Waals surface area contributed by atoms with Crippen molar-refractivity contribution in [1.29, 1.82) is 0 Å². The Kier molecular flexibility index (Phi) is 3.53. The van der Waals surface area contributed by atoms with Crippen LogP contribution in [0.3, 0.4) is 0 Å². The molecule has 1 amide bonds. The summed E-state index contributed by atoms with van der Waals surface area (Å²) in [6.45, 7) is 1.66. The first kappa shape index (κ1) is 13.5. The van der Waals surface area contributed by atoms with Gasteiger partial charge in [-0.05, 0) is 30.7 Å². The van der Waals surface area contributed by atoms with Crippen molar-refractivity contribution in [1.82, 2.24) is 9.71 Å². The molecule has 2 aromatic rings. The Bertz CT molecular complexity index is 726. The third kappa shape index (κ3) is 3.29. The molecule has 0 saturated heterocycles. The van der Waals surface area contributed by atoms with Crippen LogP contribution < -0.4 is 4.72 Å². The van der Waals surface area contributed by atoms with Crippen molar-refractivity contribution in [2.75, 3.05) is 6.26 Å². The molecule has 19 heavy (non-hydrogen) atoms. The van der Waals surface area contributed by atoms with Gasteiger partial charge >= 0.3 is 0 Å². The highest BCUT2D eigenvalue weighted by Gasteiger charge is 2.18. The second-order valence-corrected chi connectivity index (χ2v) is 6.16. The fourth-order valence-corrected chi connectivity index (χ4v) is 2.33. The summed E-state index contributed by atoms with van der Waals surface area (Å²) >= 11 is 0. The predicted octanol–water partition coefficient (Wildman–Crippen LogP) is 1.41. The molecule has 6 heteroatoms. The maximum Gasteiger partial charge on any atom is 0.240 e. The SMILES string of the molecule is CC(C(=O)NS(C)(=O)=O)c1ccc2ncccc2c1. The van der Waals surface area contributed by atoms with Gasteiger partial charge in [-0.25, -0.2) is 8.42 Å². The number of aromatic nitrogens is 1. The average molecular weight is 278 g/mol. The van der Waals surface area contributed by atoms with Gasteiger partial charge in [0.05, 0.1) is 17.7 Å². The third-order valence-electron chi connectivity index (χ3n) is 2.81. The topological polar surface area (TPSA) is 76.1 Å². The summed E-state index contributed by atoms with van der Waals surface area (Å²) < 4.78 is 24.1. The molecule has 1 atom stereocenters. The zero-order valence-electron chi connectivity index (χ0n) is 10.6. The van der Waals surface area contributed by atoms with E-state index in [1.807, 2.05) is 29.0 Å². The molecule has 0 spiro atoms. The van der Waals surface area contributed by atoms with Crippen molar-refractivity contribution in [3.63, 3.8) is 0 Å². The Balaban J connectivity index is 2.31. The minimum Gasteiger partial charge on any atom is -0.273 e. The second-order valence-electron chi connectivity index (χ2n) is 4.42. The van der Waals surface area contributed by atoms with Crippen LogP contribution in [0, 0.1) is 0 Å². The summed E-state index contributed by atoms with van der Waals surface area (Å²) in [5, 5.41) is 0.916. The van der Waals surface area contributed by atoms with Crippen LogP contribution in [0.4, 0.5) is 0 Å². The number of amides is 1. The van der Waals surface area contributed by atoms with E-state index in [4.69, 9.17) is 0 Å². The molecule has 0 aliphatic carbocycles. The summed E-state index contributed by atoms with van der Waals surface area (Å²) in [6.07, 6.45) is 2.66. The molecular formula is C13H14N2O3S. The Hall–Kier alpha value is -1.95. The minimum absolute atomic E-state index is 0.536. The molecule has 0 bridgehead atoms. The van der Waals surface area contributed by atoms with Gasteiger partial charge in [0.1, 0.15) is 0 Å². The quantitative estimate of drug-likeness (QED) is 0.921. The minimum atomic E-state index is -3.53. The molecule has 0 saturated carbocycles. The Morgan fingerprint density at radius 3 is 2.74 bits per heavy atom. The highest BCUT2D eigenvalue weighted by molar-refractivity contribution is 7.89. The molecule has 1 aromatic carbocycles. The molecule has 2 rings (SSSR count). The zero-order valence-corrected chi connectivity index (χ0v) is 11.4. The van der Waals surface area contributed by atoms with Crippen molar-refractivity contribution >= 4 is 26.8 Å². The van der Waals surface area contributed by atoms with Crippen molar-refractivity contribution in [2.24, 2.45) is 0 Å². The van der Waals surface area contributed by atoms with Gasteiger partial charge in [-0.15, -0.1) is 0 Å². The molecular weight excluding hydrogens is 264 g/mol. The number of pyridine rings is 1. The second kappa shape index (κ2) is 4.97. The van der Waals surface area contributed by atoms with E-state index in [9.17, 15) is 13.2 Å². The van der Waals surface area contributed by atoms with E-state index in [-0.39, 0.29) is 0 Å². The molecule has 5 nitrogen and oxygen atoms in total. The lowest BCUT2D eigenvalue weighted by Crippen LogP contribution is -2.32. The zero-order chi connectivity index (χ0) is 14.0. The Labute approximate surface area is 111 Å². The van der Waals surface area contributed by atoms with E-state index in [0.29, 0.717) is 0 Å². The maximum absolute atomic E-state index is 11.8. The summed E-state index contributed by atoms with van der Waals surface area (Å²) in [4.78, 5) is 16.0. The highest BCUT2D eigenvalue weighted by Crippen LogP contribution is 2.20. The first-order chi connectivity index (χ1) is 8.87. The van der Waals surface area contributed by atoms with Crippen LogP contribution in [0.1, 0.15) is 18.4 Å². The van der Waals surface area contributed by atoms with Gasteiger partial charge in [-0.1, -0.05) is 12.1 Å². The summed E-state index contributed by atoms with van der Waals surface area (Å²) in [7, 11) is -3.53. The van der Waals surface area contributed by atoms with Crippen molar-refractivity contribution in [2.45, 2.75) is 12.8 Å². The van der Waals surface area contributed by atoms with Gasteiger partial charge in [-0.2, -0.15) is 0 Å². The van der Waals surface area contributed by atoms with E-state index in [1.54, 1.807) is 19.2 Å². The number of carbonyl (C=O) groups is 1. The van der Waals surface area contributed by atoms with Crippen LogP contribution in [0.15, 0.2) is 36.5 Å². The number of carbonyl (C=O) groups excluding carboxylic acids is 1. The molecule has 0 radical (unpaired) electrons. The molecule has 0 fully saturated rings. The van der Waals surface area contributed by atoms with E-state index < -0.39 is 21.8 Å². The van der Waals surface area contributed by atoms with E-state index >= 15 is 0 Å². The monoisotopic (exact) mass is 278 g/mol. The van der Waals surface area contributed by atoms with Gasteiger partial charge in [0.15, 0.2) is 0 Å². The molecule has 1 unspecified atom stereocenters. The summed E-state index contributed by atoms with van der Waals surface area (Å²) in [5.74, 6) is -1.08. The Morgan fingerprint density at radius 1 is 1.32 bits per heavy atom. The smallest absolute Gasteiger partial charge is 0.240 e. The number of benzene rings is 1. The summed E-state index contributed by atoms with van der Waals surface area (Å²) in [5.41, 5.74) is 1.59. The molecule has 1 N–H and O–H groups in total. The van der Waals surface area contributed by atoms with Crippen LogP contribution in [0.25, 0.3) is 10.9 Å². The van der Waals surface area contributed by atoms with E-state index in [1.165, 1.54) is 0 Å². The van der Waals surface area contributed by atoms with Crippen LogP contribution in [0.2, 0.25) is 0 Å². The first-order valence-corrected chi connectivity index (χ1v) is 7.62. The predicted molar refractivity (Wildman–Crippen MR) is 73.1 cm³/mol. The molecule has 0 aliphatic rings. The summed E-state index contributed by atoms with van der Waals surface area (Å²) in [6, 6.07) is 9.14. The molecule has 1 heterocycles. The van der Waals surface area contributed by atoms with Crippen LogP contribution >= 0.6 is 0 Å². The number of nitrogens with zero attached hydrogens (tertiary/aromatic N) is 1. The largest absolute Gasteiger partial charge is 0.273 e. The number of hydrogen-bond acceptors (Lipinski definition) is 4.